The molecule has 104 valence electrons. The Bertz CT molecular complexity index is 622. The largest absolute Gasteiger partial charge is 0.393 e. The number of carbonyl (C=O) groups is 1. The third-order valence-electron chi connectivity index (χ3n) is 3.03. The molecule has 20 heavy (non-hydrogen) atoms. The summed E-state index contributed by atoms with van der Waals surface area (Å²) in [5.74, 6) is -0.0704. The fraction of sp³-hybridized carbons (Fsp3) is 0.267. The molecule has 0 saturated heterocycles. The van der Waals surface area contributed by atoms with Gasteiger partial charge in [-0.1, -0.05) is 24.4 Å². The molecule has 0 aliphatic heterocycles. The Kier molecular flexibility index (Phi) is 5.01. The molecule has 0 saturated carbocycles. The third-order valence-corrected chi connectivity index (χ3v) is 3.23. The number of hydrogen-bond acceptors (Lipinski definition) is 3. The van der Waals surface area contributed by atoms with E-state index in [4.69, 9.17) is 18.0 Å². The van der Waals surface area contributed by atoms with Gasteiger partial charge in [0.1, 0.15) is 0 Å². The summed E-state index contributed by atoms with van der Waals surface area (Å²) >= 11 is 4.81. The van der Waals surface area contributed by atoms with Gasteiger partial charge in [-0.3, -0.25) is 9.78 Å². The van der Waals surface area contributed by atoms with E-state index in [1.165, 1.54) is 0 Å². The molecule has 0 aliphatic rings. The highest BCUT2D eigenvalue weighted by Crippen LogP contribution is 2.16. The van der Waals surface area contributed by atoms with Crippen LogP contribution in [0.5, 0.6) is 0 Å². The van der Waals surface area contributed by atoms with Gasteiger partial charge in [0.25, 0.3) is 5.91 Å². The van der Waals surface area contributed by atoms with Crippen LogP contribution in [0.15, 0.2) is 36.5 Å². The van der Waals surface area contributed by atoms with E-state index in [9.17, 15) is 4.79 Å². The van der Waals surface area contributed by atoms with Crippen LogP contribution in [0.4, 0.5) is 0 Å². The van der Waals surface area contributed by atoms with E-state index in [2.05, 4.69) is 10.3 Å². The van der Waals surface area contributed by atoms with Gasteiger partial charge < -0.3 is 11.1 Å². The summed E-state index contributed by atoms with van der Waals surface area (Å²) in [5, 5.41) is 3.78. The number of rotatable bonds is 6. The average Bonchev–Trinajstić information content (AvgIpc) is 2.45. The van der Waals surface area contributed by atoms with Crippen LogP contribution in [0.1, 0.15) is 29.6 Å². The quantitative estimate of drug-likeness (QED) is 0.632. The van der Waals surface area contributed by atoms with Crippen LogP contribution in [0.2, 0.25) is 0 Å². The minimum Gasteiger partial charge on any atom is -0.393 e. The van der Waals surface area contributed by atoms with Crippen LogP contribution in [-0.4, -0.2) is 22.4 Å². The van der Waals surface area contributed by atoms with Crippen molar-refractivity contribution >= 4 is 34.0 Å². The van der Waals surface area contributed by atoms with Crippen molar-refractivity contribution in [2.45, 2.75) is 19.3 Å². The summed E-state index contributed by atoms with van der Waals surface area (Å²) in [6.45, 7) is 0.623. The van der Waals surface area contributed by atoms with Crippen LogP contribution < -0.4 is 11.1 Å². The fourth-order valence-electron chi connectivity index (χ4n) is 2.02. The Morgan fingerprint density at radius 3 is 2.90 bits per heavy atom. The molecule has 5 heteroatoms. The molecule has 1 heterocycles. The van der Waals surface area contributed by atoms with Gasteiger partial charge in [0, 0.05) is 23.7 Å². The zero-order valence-electron chi connectivity index (χ0n) is 11.1. The average molecular weight is 287 g/mol. The van der Waals surface area contributed by atoms with E-state index < -0.39 is 0 Å². The molecule has 3 N–H and O–H groups in total. The lowest BCUT2D eigenvalue weighted by Gasteiger charge is -2.07. The number of benzene rings is 1. The first kappa shape index (κ1) is 14.4. The van der Waals surface area contributed by atoms with Gasteiger partial charge in [-0.2, -0.15) is 0 Å². The number of aromatic nitrogens is 1. The molecule has 0 atom stereocenters. The van der Waals surface area contributed by atoms with E-state index in [-0.39, 0.29) is 5.91 Å². The first-order chi connectivity index (χ1) is 9.68. The van der Waals surface area contributed by atoms with Gasteiger partial charge in [0.05, 0.1) is 10.5 Å². The number of nitrogens with two attached hydrogens (primary N) is 1. The smallest absolute Gasteiger partial charge is 0.251 e. The van der Waals surface area contributed by atoms with Gasteiger partial charge in [-0.25, -0.2) is 0 Å². The molecule has 0 bridgehead atoms. The molecule has 0 spiro atoms. The number of carbonyl (C=O) groups excluding carboxylic acids is 1. The summed E-state index contributed by atoms with van der Waals surface area (Å²) in [4.78, 5) is 16.9. The first-order valence-electron chi connectivity index (χ1n) is 6.59. The summed E-state index contributed by atoms with van der Waals surface area (Å²) in [6.07, 6.45) is 4.21. The van der Waals surface area contributed by atoms with Crippen LogP contribution in [0, 0.1) is 0 Å². The zero-order valence-corrected chi connectivity index (χ0v) is 12.0. The van der Waals surface area contributed by atoms with Crippen molar-refractivity contribution in [1.82, 2.24) is 10.3 Å². The molecule has 1 aromatic heterocycles. The normalized spacial score (nSPS) is 10.4. The predicted molar refractivity (Wildman–Crippen MR) is 84.7 cm³/mol. The predicted octanol–water partition coefficient (Wildman–Crippen LogP) is 2.42. The number of nitrogens with one attached hydrogen (secondary N) is 1. The second kappa shape index (κ2) is 6.96. The first-order valence-corrected chi connectivity index (χ1v) is 6.99. The molecule has 0 radical (unpaired) electrons. The summed E-state index contributed by atoms with van der Waals surface area (Å²) in [5.41, 5.74) is 6.91. The van der Waals surface area contributed by atoms with E-state index >= 15 is 0 Å². The molecule has 0 fully saturated rings. The van der Waals surface area contributed by atoms with Crippen LogP contribution in [0.25, 0.3) is 10.9 Å². The Morgan fingerprint density at radius 2 is 2.10 bits per heavy atom. The van der Waals surface area contributed by atoms with E-state index in [0.29, 0.717) is 17.1 Å². The number of fused-ring (bicyclic) bond motifs is 1. The number of pyridine rings is 1. The summed E-state index contributed by atoms with van der Waals surface area (Å²) < 4.78 is 0. The van der Waals surface area contributed by atoms with Gasteiger partial charge in [0.15, 0.2) is 0 Å². The number of unbranched alkanes of at least 4 members (excludes halogenated alkanes) is 1. The highest BCUT2D eigenvalue weighted by atomic mass is 32.1. The lowest BCUT2D eigenvalue weighted by molar-refractivity contribution is 0.0954. The Morgan fingerprint density at radius 1 is 1.25 bits per heavy atom. The van der Waals surface area contributed by atoms with Gasteiger partial charge in [-0.15, -0.1) is 0 Å². The lowest BCUT2D eigenvalue weighted by atomic mass is 10.1. The summed E-state index contributed by atoms with van der Waals surface area (Å²) in [7, 11) is 0. The third kappa shape index (κ3) is 3.74. The van der Waals surface area contributed by atoms with Gasteiger partial charge in [0.2, 0.25) is 0 Å². The molecule has 1 amide bonds. The van der Waals surface area contributed by atoms with E-state index in [0.717, 1.165) is 30.2 Å². The van der Waals surface area contributed by atoms with Crippen molar-refractivity contribution in [3.63, 3.8) is 0 Å². The standard InChI is InChI=1S/C15H17N3OS/c16-14(20)8-1-2-9-18-15(19)12-5-3-7-13-11(12)6-4-10-17-13/h3-7,10H,1-2,8-9H2,(H2,16,20)(H,18,19). The molecule has 4 nitrogen and oxygen atoms in total. The van der Waals surface area contributed by atoms with Crippen LogP contribution >= 0.6 is 12.2 Å². The lowest BCUT2D eigenvalue weighted by Crippen LogP contribution is -2.24. The number of nitrogens with zero attached hydrogens (tertiary/aromatic N) is 1. The highest BCUT2D eigenvalue weighted by Gasteiger charge is 2.09. The molecule has 0 unspecified atom stereocenters. The Hall–Kier alpha value is -2.01. The van der Waals surface area contributed by atoms with Crippen molar-refractivity contribution in [2.75, 3.05) is 6.54 Å². The SMILES string of the molecule is NC(=S)CCCCNC(=O)c1cccc2ncccc12. The van der Waals surface area contributed by atoms with Crippen LogP contribution in [-0.2, 0) is 0 Å². The van der Waals surface area contributed by atoms with Crippen molar-refractivity contribution in [3.8, 4) is 0 Å². The fourth-order valence-corrected chi connectivity index (χ4v) is 2.17. The monoisotopic (exact) mass is 287 g/mol. The molecule has 2 rings (SSSR count). The maximum absolute atomic E-state index is 12.2. The van der Waals surface area contributed by atoms with Crippen LogP contribution in [0.3, 0.4) is 0 Å². The second-order valence-corrected chi connectivity index (χ2v) is 5.08. The maximum atomic E-state index is 12.2. The maximum Gasteiger partial charge on any atom is 0.251 e. The molecule has 1 aromatic carbocycles. The van der Waals surface area contributed by atoms with Crippen molar-refractivity contribution in [1.29, 1.82) is 0 Å². The van der Waals surface area contributed by atoms with E-state index in [1.807, 2.05) is 30.3 Å². The molecular weight excluding hydrogens is 270 g/mol. The topological polar surface area (TPSA) is 68.0 Å². The van der Waals surface area contributed by atoms with Crippen molar-refractivity contribution in [2.24, 2.45) is 5.73 Å². The van der Waals surface area contributed by atoms with E-state index in [1.54, 1.807) is 6.20 Å². The van der Waals surface area contributed by atoms with Gasteiger partial charge >= 0.3 is 0 Å². The Labute approximate surface area is 123 Å². The minimum atomic E-state index is -0.0704. The Balaban J connectivity index is 1.96. The molecule has 2 aromatic rings. The van der Waals surface area contributed by atoms with Crippen molar-refractivity contribution in [3.05, 3.63) is 42.1 Å². The zero-order chi connectivity index (χ0) is 14.4. The number of thiocarbonyl (C=S) groups is 1. The van der Waals surface area contributed by atoms with Gasteiger partial charge in [-0.05, 0) is 37.5 Å². The second-order valence-electron chi connectivity index (χ2n) is 4.55. The molecular formula is C15H17N3OS. The molecule has 0 aliphatic carbocycles. The highest BCUT2D eigenvalue weighted by molar-refractivity contribution is 7.80. The number of hydrogen-bond donors (Lipinski definition) is 2. The summed E-state index contributed by atoms with van der Waals surface area (Å²) in [6, 6.07) is 9.30. The minimum absolute atomic E-state index is 0.0704. The number of amides is 1. The van der Waals surface area contributed by atoms with Crippen molar-refractivity contribution < 1.29 is 4.79 Å².